The number of nitrogens with one attached hydrogen (secondary N) is 1. The summed E-state index contributed by atoms with van der Waals surface area (Å²) in [5.41, 5.74) is -1.06. The van der Waals surface area contributed by atoms with Gasteiger partial charge in [0.15, 0.2) is 0 Å². The van der Waals surface area contributed by atoms with E-state index in [2.05, 4.69) is 10.1 Å². The van der Waals surface area contributed by atoms with Gasteiger partial charge < -0.3 is 25.0 Å². The Bertz CT molecular complexity index is 253. The fourth-order valence-corrected chi connectivity index (χ4v) is 0.981. The molecule has 0 radical (unpaired) electrons. The van der Waals surface area contributed by atoms with Crippen molar-refractivity contribution in [3.8, 4) is 0 Å². The van der Waals surface area contributed by atoms with Crippen LogP contribution in [-0.2, 0) is 19.1 Å². The van der Waals surface area contributed by atoms with Crippen LogP contribution < -0.4 is 5.32 Å². The third kappa shape index (κ3) is 9.73. The molecule has 0 bridgehead atoms. The average molecular weight is 249 g/mol. The maximum atomic E-state index is 11.2. The Hall–Kier alpha value is -1.18. The van der Waals surface area contributed by atoms with Gasteiger partial charge in [-0.3, -0.25) is 4.79 Å². The average Bonchev–Trinajstić information content (AvgIpc) is 2.23. The van der Waals surface area contributed by atoms with Gasteiger partial charge in [0.25, 0.3) is 0 Å². The van der Waals surface area contributed by atoms with Crippen LogP contribution in [0.25, 0.3) is 0 Å². The standard InChI is InChI=1S/C10H19NO6/c1-10(15,3-4-16-2)7-11-8(12)5-17-6-9(13)14/h15H,3-7H2,1-2H3,(H,11,12)(H,13,14). The highest BCUT2D eigenvalue weighted by Gasteiger charge is 2.20. The van der Waals surface area contributed by atoms with Crippen molar-refractivity contribution in [2.75, 3.05) is 33.5 Å². The van der Waals surface area contributed by atoms with Gasteiger partial charge in [0.1, 0.15) is 13.2 Å². The Labute approximate surface area is 99.7 Å². The molecular weight excluding hydrogens is 230 g/mol. The third-order valence-corrected chi connectivity index (χ3v) is 1.97. The van der Waals surface area contributed by atoms with E-state index in [0.29, 0.717) is 13.0 Å². The molecule has 0 aromatic carbocycles. The summed E-state index contributed by atoms with van der Waals surface area (Å²) in [5, 5.41) is 20.5. The van der Waals surface area contributed by atoms with Crippen LogP contribution >= 0.6 is 0 Å². The van der Waals surface area contributed by atoms with E-state index in [1.165, 1.54) is 7.11 Å². The van der Waals surface area contributed by atoms with E-state index < -0.39 is 24.1 Å². The number of rotatable bonds is 9. The lowest BCUT2D eigenvalue weighted by molar-refractivity contribution is -0.143. The monoisotopic (exact) mass is 249 g/mol. The zero-order chi connectivity index (χ0) is 13.3. The quantitative estimate of drug-likeness (QED) is 0.483. The van der Waals surface area contributed by atoms with E-state index in [1.54, 1.807) is 6.92 Å². The number of carboxylic acid groups (broad SMARTS) is 1. The van der Waals surface area contributed by atoms with Gasteiger partial charge in [-0.25, -0.2) is 4.79 Å². The summed E-state index contributed by atoms with van der Waals surface area (Å²) in [7, 11) is 1.52. The normalized spacial score (nSPS) is 14.1. The van der Waals surface area contributed by atoms with Crippen molar-refractivity contribution in [3.05, 3.63) is 0 Å². The van der Waals surface area contributed by atoms with E-state index in [-0.39, 0.29) is 13.2 Å². The molecule has 100 valence electrons. The minimum Gasteiger partial charge on any atom is -0.480 e. The largest absolute Gasteiger partial charge is 0.480 e. The number of carbonyl (C=O) groups excluding carboxylic acids is 1. The fourth-order valence-electron chi connectivity index (χ4n) is 0.981. The van der Waals surface area contributed by atoms with Gasteiger partial charge in [0.05, 0.1) is 5.60 Å². The zero-order valence-electron chi connectivity index (χ0n) is 10.1. The number of aliphatic hydroxyl groups is 1. The van der Waals surface area contributed by atoms with E-state index in [4.69, 9.17) is 9.84 Å². The number of hydrogen-bond acceptors (Lipinski definition) is 5. The summed E-state index contributed by atoms with van der Waals surface area (Å²) in [4.78, 5) is 21.3. The minimum atomic E-state index is -1.13. The van der Waals surface area contributed by atoms with Gasteiger partial charge in [-0.15, -0.1) is 0 Å². The second kappa shape index (κ2) is 7.99. The summed E-state index contributed by atoms with van der Waals surface area (Å²) in [5.74, 6) is -1.60. The maximum absolute atomic E-state index is 11.2. The SMILES string of the molecule is COCCC(C)(O)CNC(=O)COCC(=O)O. The molecule has 1 unspecified atom stereocenters. The molecule has 1 atom stereocenters. The lowest BCUT2D eigenvalue weighted by Gasteiger charge is -2.23. The van der Waals surface area contributed by atoms with Gasteiger partial charge in [0, 0.05) is 26.7 Å². The molecular formula is C10H19NO6. The number of carboxylic acids is 1. The summed E-state index contributed by atoms with van der Waals surface area (Å²) < 4.78 is 9.40. The van der Waals surface area contributed by atoms with E-state index >= 15 is 0 Å². The van der Waals surface area contributed by atoms with Gasteiger partial charge >= 0.3 is 5.97 Å². The van der Waals surface area contributed by atoms with E-state index in [1.807, 2.05) is 0 Å². The Balaban J connectivity index is 3.71. The minimum absolute atomic E-state index is 0.0611. The van der Waals surface area contributed by atoms with Crippen LogP contribution in [0, 0.1) is 0 Å². The highest BCUT2D eigenvalue weighted by atomic mass is 16.5. The van der Waals surface area contributed by atoms with Crippen LogP contribution in [-0.4, -0.2) is 61.2 Å². The van der Waals surface area contributed by atoms with Crippen LogP contribution in [0.1, 0.15) is 13.3 Å². The van der Waals surface area contributed by atoms with E-state index in [9.17, 15) is 14.7 Å². The molecule has 0 spiro atoms. The number of ether oxygens (including phenoxy) is 2. The van der Waals surface area contributed by atoms with Gasteiger partial charge in [-0.2, -0.15) is 0 Å². The number of aliphatic carboxylic acids is 1. The highest BCUT2D eigenvalue weighted by Crippen LogP contribution is 2.07. The first kappa shape index (κ1) is 15.8. The molecule has 17 heavy (non-hydrogen) atoms. The predicted octanol–water partition coefficient (Wildman–Crippen LogP) is -1.01. The maximum Gasteiger partial charge on any atom is 0.329 e. The number of carbonyl (C=O) groups is 2. The predicted molar refractivity (Wildman–Crippen MR) is 58.6 cm³/mol. The van der Waals surface area contributed by atoms with Crippen LogP contribution in [0.4, 0.5) is 0 Å². The van der Waals surface area contributed by atoms with Crippen molar-refractivity contribution in [3.63, 3.8) is 0 Å². The van der Waals surface area contributed by atoms with Crippen molar-refractivity contribution < 1.29 is 29.3 Å². The molecule has 7 nitrogen and oxygen atoms in total. The molecule has 3 N–H and O–H groups in total. The van der Waals surface area contributed by atoms with Gasteiger partial charge in [0.2, 0.25) is 5.91 Å². The Morgan fingerprint density at radius 1 is 1.35 bits per heavy atom. The van der Waals surface area contributed by atoms with Crippen molar-refractivity contribution >= 4 is 11.9 Å². The van der Waals surface area contributed by atoms with Crippen molar-refractivity contribution in [2.24, 2.45) is 0 Å². The molecule has 0 aliphatic carbocycles. The molecule has 0 rings (SSSR count). The first-order chi connectivity index (χ1) is 7.87. The van der Waals surface area contributed by atoms with Gasteiger partial charge in [-0.1, -0.05) is 0 Å². The molecule has 0 saturated carbocycles. The Morgan fingerprint density at radius 2 is 2.00 bits per heavy atom. The molecule has 0 aromatic heterocycles. The molecule has 0 heterocycles. The molecule has 0 saturated heterocycles. The summed E-state index contributed by atoms with van der Waals surface area (Å²) in [6.45, 7) is 1.16. The van der Waals surface area contributed by atoms with Crippen LogP contribution in [0.5, 0.6) is 0 Å². The zero-order valence-corrected chi connectivity index (χ0v) is 10.1. The van der Waals surface area contributed by atoms with Gasteiger partial charge in [-0.05, 0) is 6.92 Å². The second-order valence-electron chi connectivity index (χ2n) is 3.90. The Morgan fingerprint density at radius 3 is 2.53 bits per heavy atom. The third-order valence-electron chi connectivity index (χ3n) is 1.97. The summed E-state index contributed by atoms with van der Waals surface area (Å²) >= 11 is 0. The molecule has 0 aliphatic heterocycles. The molecule has 0 fully saturated rings. The van der Waals surface area contributed by atoms with Crippen molar-refractivity contribution in [1.29, 1.82) is 0 Å². The smallest absolute Gasteiger partial charge is 0.329 e. The molecule has 0 aliphatic rings. The van der Waals surface area contributed by atoms with Crippen LogP contribution in [0.15, 0.2) is 0 Å². The second-order valence-corrected chi connectivity index (χ2v) is 3.90. The first-order valence-electron chi connectivity index (χ1n) is 5.15. The lowest BCUT2D eigenvalue weighted by atomic mass is 10.0. The number of amides is 1. The van der Waals surface area contributed by atoms with Crippen LogP contribution in [0.3, 0.4) is 0 Å². The summed E-state index contributed by atoms with van der Waals surface area (Å²) in [6.07, 6.45) is 0.389. The highest BCUT2D eigenvalue weighted by molar-refractivity contribution is 5.77. The topological polar surface area (TPSA) is 105 Å². The lowest BCUT2D eigenvalue weighted by Crippen LogP contribution is -2.42. The van der Waals surface area contributed by atoms with Crippen LogP contribution in [0.2, 0.25) is 0 Å². The molecule has 0 aromatic rings. The van der Waals surface area contributed by atoms with Crippen molar-refractivity contribution in [1.82, 2.24) is 5.32 Å². The summed E-state index contributed by atoms with van der Waals surface area (Å²) in [6, 6.07) is 0. The number of methoxy groups -OCH3 is 1. The molecule has 1 amide bonds. The first-order valence-corrected chi connectivity index (χ1v) is 5.15. The Kier molecular flexibility index (Phi) is 7.44. The number of hydrogen-bond donors (Lipinski definition) is 3. The molecule has 7 heteroatoms. The fraction of sp³-hybridized carbons (Fsp3) is 0.800. The van der Waals surface area contributed by atoms with E-state index in [0.717, 1.165) is 0 Å². The van der Waals surface area contributed by atoms with Crippen molar-refractivity contribution in [2.45, 2.75) is 18.9 Å².